The van der Waals surface area contributed by atoms with Crippen LogP contribution >= 0.6 is 0 Å². The number of esters is 1. The Kier molecular flexibility index (Phi) is 18.0. The van der Waals surface area contributed by atoms with E-state index in [2.05, 4.69) is 29.8 Å². The minimum Gasteiger partial charge on any atom is -0.461 e. The van der Waals surface area contributed by atoms with Gasteiger partial charge in [0.2, 0.25) is 11.8 Å². The summed E-state index contributed by atoms with van der Waals surface area (Å²) >= 11 is 0. The fourth-order valence-electron chi connectivity index (χ4n) is 8.34. The molecule has 2 saturated heterocycles. The van der Waals surface area contributed by atoms with Crippen molar-refractivity contribution in [3.63, 3.8) is 0 Å². The second-order valence-corrected chi connectivity index (χ2v) is 19.3. The number of carbonyl (C=O) groups is 5. The highest BCUT2D eigenvalue weighted by molar-refractivity contribution is 5.92. The van der Waals surface area contributed by atoms with E-state index >= 15 is 0 Å². The quantitative estimate of drug-likeness (QED) is 0.0509. The van der Waals surface area contributed by atoms with Crippen LogP contribution in [0, 0.1) is 11.8 Å². The van der Waals surface area contributed by atoms with Crippen molar-refractivity contribution < 1.29 is 43.4 Å². The molecule has 0 aromatic heterocycles. The van der Waals surface area contributed by atoms with Gasteiger partial charge < -0.3 is 40.3 Å². The molecule has 14 heteroatoms. The summed E-state index contributed by atoms with van der Waals surface area (Å²) in [5, 5.41) is 20.7. The summed E-state index contributed by atoms with van der Waals surface area (Å²) in [6, 6.07) is 16.6. The van der Waals surface area contributed by atoms with Crippen LogP contribution in [0.25, 0.3) is 0 Å². The van der Waals surface area contributed by atoms with Crippen LogP contribution in [0.4, 0.5) is 9.59 Å². The summed E-state index contributed by atoms with van der Waals surface area (Å²) in [6.07, 6.45) is 5.20. The zero-order valence-corrected chi connectivity index (χ0v) is 38.3. The van der Waals surface area contributed by atoms with Crippen molar-refractivity contribution in [1.82, 2.24) is 25.9 Å². The topological polar surface area (TPSA) is 176 Å². The molecule has 2 aliphatic heterocycles. The molecule has 4 atom stereocenters. The first-order valence-corrected chi connectivity index (χ1v) is 22.1. The molecule has 0 bridgehead atoms. The number of rotatable bonds is 18. The Hall–Kier alpha value is -4.95. The maximum absolute atomic E-state index is 14.6. The molecule has 2 aromatic rings. The Labute approximate surface area is 368 Å². The lowest BCUT2D eigenvalue weighted by atomic mass is 9.80. The van der Waals surface area contributed by atoms with Crippen LogP contribution in [-0.2, 0) is 41.6 Å². The molecule has 342 valence electrons. The first-order chi connectivity index (χ1) is 29.1. The molecule has 0 spiro atoms. The van der Waals surface area contributed by atoms with E-state index in [1.165, 1.54) is 5.06 Å². The van der Waals surface area contributed by atoms with E-state index in [0.717, 1.165) is 11.1 Å². The molecule has 4 N–H and O–H groups in total. The number of nitrogens with zero attached hydrogens (tertiary/aromatic N) is 2. The van der Waals surface area contributed by atoms with Crippen molar-refractivity contribution in [1.29, 1.82) is 0 Å². The van der Waals surface area contributed by atoms with Gasteiger partial charge >= 0.3 is 18.2 Å². The van der Waals surface area contributed by atoms with Crippen LogP contribution in [0.15, 0.2) is 72.8 Å². The molecular weight excluding hydrogens is 791 g/mol. The molecule has 2 heterocycles. The number of carbonyl (C=O) groups excluding carboxylic acids is 5. The van der Waals surface area contributed by atoms with Gasteiger partial charge in [-0.1, -0.05) is 86.7 Å². The van der Waals surface area contributed by atoms with Gasteiger partial charge in [0.25, 0.3) is 0 Å². The summed E-state index contributed by atoms with van der Waals surface area (Å²) in [5.74, 6) is -1.74. The van der Waals surface area contributed by atoms with E-state index in [0.29, 0.717) is 51.5 Å². The highest BCUT2D eigenvalue weighted by atomic mass is 16.6. The summed E-state index contributed by atoms with van der Waals surface area (Å²) in [6.45, 7) is 17.7. The second-order valence-electron chi connectivity index (χ2n) is 19.3. The van der Waals surface area contributed by atoms with Crippen molar-refractivity contribution in [2.45, 2.75) is 161 Å². The van der Waals surface area contributed by atoms with Gasteiger partial charge in [0, 0.05) is 37.0 Å². The van der Waals surface area contributed by atoms with E-state index in [4.69, 9.17) is 14.2 Å². The van der Waals surface area contributed by atoms with Crippen LogP contribution in [0.2, 0.25) is 0 Å². The number of ether oxygens (including phenoxy) is 3. The number of alkyl carbamates (subject to hydrolysis) is 2. The van der Waals surface area contributed by atoms with E-state index < -0.39 is 70.9 Å². The molecule has 2 fully saturated rings. The number of hydrogen-bond donors (Lipinski definition) is 4. The van der Waals surface area contributed by atoms with Crippen molar-refractivity contribution in [2.24, 2.45) is 11.8 Å². The molecule has 14 nitrogen and oxygen atoms in total. The minimum absolute atomic E-state index is 0.108. The predicted octanol–water partition coefficient (Wildman–Crippen LogP) is 7.48. The molecular formula is C48H71N5O9. The Morgan fingerprint density at radius 3 is 2.08 bits per heavy atom. The third-order valence-electron chi connectivity index (χ3n) is 11.1. The lowest BCUT2D eigenvalue weighted by Gasteiger charge is -2.51. The minimum atomic E-state index is -1.07. The zero-order valence-electron chi connectivity index (χ0n) is 38.3. The van der Waals surface area contributed by atoms with E-state index in [9.17, 15) is 29.2 Å². The smallest absolute Gasteiger partial charge is 0.408 e. The molecule has 0 saturated carbocycles. The predicted molar refractivity (Wildman–Crippen MR) is 237 cm³/mol. The summed E-state index contributed by atoms with van der Waals surface area (Å²) in [4.78, 5) is 69.7. The molecule has 0 unspecified atom stereocenters. The maximum atomic E-state index is 14.6. The lowest BCUT2D eigenvalue weighted by molar-refractivity contribution is -0.259. The molecule has 2 aliphatic rings. The first kappa shape index (κ1) is 49.7. The number of hydroxylamine groups is 2. The van der Waals surface area contributed by atoms with Crippen LogP contribution in [0.1, 0.15) is 118 Å². The van der Waals surface area contributed by atoms with Gasteiger partial charge in [-0.05, 0) is 104 Å². The Balaban J connectivity index is 1.51. The zero-order chi connectivity index (χ0) is 45.7. The van der Waals surface area contributed by atoms with Gasteiger partial charge in [0.1, 0.15) is 30.4 Å². The molecule has 2 aromatic carbocycles. The van der Waals surface area contributed by atoms with Crippen LogP contribution < -0.4 is 16.0 Å². The fourth-order valence-corrected chi connectivity index (χ4v) is 8.34. The van der Waals surface area contributed by atoms with Crippen LogP contribution in [-0.4, -0.2) is 99.1 Å². The molecule has 0 aliphatic carbocycles. The monoisotopic (exact) mass is 862 g/mol. The third kappa shape index (κ3) is 15.7. The van der Waals surface area contributed by atoms with Crippen molar-refractivity contribution >= 4 is 30.0 Å². The van der Waals surface area contributed by atoms with E-state index in [-0.39, 0.29) is 31.4 Å². The second kappa shape index (κ2) is 22.4. The van der Waals surface area contributed by atoms with Crippen LogP contribution in [0.5, 0.6) is 0 Å². The Morgan fingerprint density at radius 1 is 0.871 bits per heavy atom. The Morgan fingerprint density at radius 2 is 1.48 bits per heavy atom. The number of likely N-dealkylation sites (tertiary alicyclic amines) is 1. The van der Waals surface area contributed by atoms with Gasteiger partial charge in [-0.2, -0.15) is 5.06 Å². The molecule has 4 amide bonds. The number of nitrogens with one attached hydrogen (secondary N) is 3. The SMILES string of the molecule is CC(C)C[C@@H](/C=C/[C@H](Cc1ccccc1)C(=O)N1CCC[C@H]1C(=O)N[C@@H](CCCNC(=O)OCc1ccccc1)C(=O)OC1CC(C)(C)N(O)C(C)(C)C1)NC(=O)OC(C)(C)C. The maximum Gasteiger partial charge on any atom is 0.408 e. The van der Waals surface area contributed by atoms with E-state index in [1.54, 1.807) is 25.7 Å². The van der Waals surface area contributed by atoms with Crippen molar-refractivity contribution in [3.05, 3.63) is 83.9 Å². The van der Waals surface area contributed by atoms with Gasteiger partial charge in [-0.25, -0.2) is 14.4 Å². The average Bonchev–Trinajstić information content (AvgIpc) is 3.68. The summed E-state index contributed by atoms with van der Waals surface area (Å²) < 4.78 is 16.9. The number of amides is 4. The molecule has 62 heavy (non-hydrogen) atoms. The van der Waals surface area contributed by atoms with Gasteiger partial charge in [0.05, 0.1) is 12.0 Å². The van der Waals surface area contributed by atoms with Crippen molar-refractivity contribution in [2.75, 3.05) is 13.1 Å². The fraction of sp³-hybridized carbons (Fsp3) is 0.604. The summed E-state index contributed by atoms with van der Waals surface area (Å²) in [5.41, 5.74) is -0.243. The first-order valence-electron chi connectivity index (χ1n) is 22.1. The number of benzene rings is 2. The van der Waals surface area contributed by atoms with Gasteiger partial charge in [0.15, 0.2) is 0 Å². The number of hydrogen-bond acceptors (Lipinski definition) is 10. The number of piperidine rings is 1. The largest absolute Gasteiger partial charge is 0.461 e. The van der Waals surface area contributed by atoms with Crippen LogP contribution in [0.3, 0.4) is 0 Å². The standard InChI is InChI=1S/C48H71N5O9/c1-33(2)28-37(50-45(58)62-46(3,4)5)25-24-36(29-34-18-12-10-13-19-34)42(55)52-27-17-23-40(52)41(54)51-39(22-16-26-49-44(57)60-32-35-20-14-11-15-21-35)43(56)61-38-30-47(6,7)53(59)48(8,9)31-38/h10-15,18-21,24-25,33,36-40,59H,16-17,22-23,26-32H2,1-9H3,(H,49,57)(H,50,58)(H,51,54)/b25-24+/t36-,37-,39+,40+/m1/s1. The average molecular weight is 862 g/mol. The summed E-state index contributed by atoms with van der Waals surface area (Å²) in [7, 11) is 0. The molecule has 4 rings (SSSR count). The molecule has 0 radical (unpaired) electrons. The third-order valence-corrected chi connectivity index (χ3v) is 11.1. The normalized spacial score (nSPS) is 19.3. The van der Waals surface area contributed by atoms with Gasteiger partial charge in [-0.15, -0.1) is 0 Å². The Bertz CT molecular complexity index is 1790. The van der Waals surface area contributed by atoms with Gasteiger partial charge in [-0.3, -0.25) is 9.59 Å². The van der Waals surface area contributed by atoms with Crippen molar-refractivity contribution in [3.8, 4) is 0 Å². The highest BCUT2D eigenvalue weighted by Gasteiger charge is 2.47. The lowest BCUT2D eigenvalue weighted by Crippen LogP contribution is -2.61. The highest BCUT2D eigenvalue weighted by Crippen LogP contribution is 2.38. The van der Waals surface area contributed by atoms with E-state index in [1.807, 2.05) is 101 Å².